The first-order valence-electron chi connectivity index (χ1n) is 9.05. The fourth-order valence-corrected chi connectivity index (χ4v) is 4.36. The highest BCUT2D eigenvalue weighted by Gasteiger charge is 2.15. The van der Waals surface area contributed by atoms with Gasteiger partial charge in [-0.25, -0.2) is 13.1 Å². The molecule has 0 saturated carbocycles. The zero-order valence-electron chi connectivity index (χ0n) is 15.7. The Labute approximate surface area is 160 Å². The SMILES string of the molecule is CC(=O)Nc1ccc(S(=O)(=O)NCCc2ccc3c(c2)CCCN3C)cc1. The largest absolute Gasteiger partial charge is 0.374 e. The summed E-state index contributed by atoms with van der Waals surface area (Å²) in [4.78, 5) is 13.5. The predicted octanol–water partition coefficient (Wildman–Crippen LogP) is 2.55. The van der Waals surface area contributed by atoms with E-state index >= 15 is 0 Å². The van der Waals surface area contributed by atoms with E-state index < -0.39 is 10.0 Å². The van der Waals surface area contributed by atoms with Gasteiger partial charge in [-0.3, -0.25) is 4.79 Å². The number of carbonyl (C=O) groups excluding carboxylic acids is 1. The van der Waals surface area contributed by atoms with Crippen LogP contribution < -0.4 is 14.9 Å². The van der Waals surface area contributed by atoms with Crippen LogP contribution in [-0.4, -0.2) is 34.5 Å². The van der Waals surface area contributed by atoms with Gasteiger partial charge in [0.2, 0.25) is 15.9 Å². The van der Waals surface area contributed by atoms with Crippen LogP contribution in [0.3, 0.4) is 0 Å². The number of carbonyl (C=O) groups is 1. The van der Waals surface area contributed by atoms with Gasteiger partial charge in [0.1, 0.15) is 0 Å². The molecule has 0 fully saturated rings. The Balaban J connectivity index is 1.60. The first-order valence-corrected chi connectivity index (χ1v) is 10.5. The second-order valence-corrected chi connectivity index (χ2v) is 8.61. The smallest absolute Gasteiger partial charge is 0.240 e. The molecule has 27 heavy (non-hydrogen) atoms. The quantitative estimate of drug-likeness (QED) is 0.798. The molecule has 1 amide bonds. The molecule has 1 heterocycles. The number of amides is 1. The molecule has 0 unspecified atom stereocenters. The van der Waals surface area contributed by atoms with Crippen molar-refractivity contribution in [3.63, 3.8) is 0 Å². The van der Waals surface area contributed by atoms with Crippen LogP contribution in [0.2, 0.25) is 0 Å². The molecule has 0 atom stereocenters. The molecule has 3 rings (SSSR count). The average Bonchev–Trinajstić information content (AvgIpc) is 2.62. The minimum atomic E-state index is -3.57. The Hall–Kier alpha value is -2.38. The second-order valence-electron chi connectivity index (χ2n) is 6.84. The van der Waals surface area contributed by atoms with Crippen LogP contribution in [0.1, 0.15) is 24.5 Å². The Bertz CT molecular complexity index is 924. The van der Waals surface area contributed by atoms with Crippen LogP contribution in [0.15, 0.2) is 47.4 Å². The first kappa shape index (κ1) is 19.4. The van der Waals surface area contributed by atoms with Crippen LogP contribution in [0.5, 0.6) is 0 Å². The number of aryl methyl sites for hydroxylation is 1. The number of hydrogen-bond acceptors (Lipinski definition) is 4. The lowest BCUT2D eigenvalue weighted by atomic mass is 9.98. The predicted molar refractivity (Wildman–Crippen MR) is 108 cm³/mol. The number of fused-ring (bicyclic) bond motifs is 1. The molecule has 6 nitrogen and oxygen atoms in total. The van der Waals surface area contributed by atoms with Gasteiger partial charge in [-0.1, -0.05) is 12.1 Å². The molecule has 0 radical (unpaired) electrons. The standard InChI is InChI=1S/C20H25N3O3S/c1-15(24)22-18-6-8-19(9-7-18)27(25,26)21-12-11-16-5-10-20-17(14-16)4-3-13-23(20)2/h5-10,14,21H,3-4,11-13H2,1-2H3,(H,22,24). The van der Waals surface area contributed by atoms with Gasteiger partial charge in [-0.05, 0) is 60.7 Å². The average molecular weight is 388 g/mol. The van der Waals surface area contributed by atoms with Crippen molar-refractivity contribution in [2.24, 2.45) is 0 Å². The summed E-state index contributed by atoms with van der Waals surface area (Å²) in [6.45, 7) is 2.82. The van der Waals surface area contributed by atoms with Crippen LogP contribution in [0.4, 0.5) is 11.4 Å². The van der Waals surface area contributed by atoms with Gasteiger partial charge in [0, 0.05) is 38.4 Å². The van der Waals surface area contributed by atoms with E-state index in [0.29, 0.717) is 18.7 Å². The molecule has 144 valence electrons. The molecular formula is C20H25N3O3S. The molecule has 0 bridgehead atoms. The third-order valence-corrected chi connectivity index (χ3v) is 6.16. The highest BCUT2D eigenvalue weighted by molar-refractivity contribution is 7.89. The number of nitrogens with one attached hydrogen (secondary N) is 2. The van der Waals surface area contributed by atoms with Crippen LogP contribution in [-0.2, 0) is 27.7 Å². The molecule has 0 saturated heterocycles. The molecule has 0 aromatic heterocycles. The maximum atomic E-state index is 12.4. The van der Waals surface area contributed by atoms with E-state index in [1.165, 1.54) is 30.3 Å². The van der Waals surface area contributed by atoms with E-state index in [-0.39, 0.29) is 10.8 Å². The van der Waals surface area contributed by atoms with Gasteiger partial charge in [0.05, 0.1) is 4.90 Å². The van der Waals surface area contributed by atoms with E-state index in [1.54, 1.807) is 12.1 Å². The van der Waals surface area contributed by atoms with Crippen molar-refractivity contribution in [1.82, 2.24) is 4.72 Å². The van der Waals surface area contributed by atoms with E-state index in [0.717, 1.165) is 24.9 Å². The Morgan fingerprint density at radius 3 is 2.59 bits per heavy atom. The normalized spacial score (nSPS) is 13.9. The number of hydrogen-bond donors (Lipinski definition) is 2. The zero-order valence-corrected chi connectivity index (χ0v) is 16.5. The number of rotatable bonds is 6. The summed E-state index contributed by atoms with van der Waals surface area (Å²) < 4.78 is 27.5. The Morgan fingerprint density at radius 1 is 1.15 bits per heavy atom. The van der Waals surface area contributed by atoms with Gasteiger partial charge >= 0.3 is 0 Å². The van der Waals surface area contributed by atoms with Crippen LogP contribution >= 0.6 is 0 Å². The number of sulfonamides is 1. The second kappa shape index (κ2) is 8.10. The van der Waals surface area contributed by atoms with Crippen molar-refractivity contribution < 1.29 is 13.2 Å². The monoisotopic (exact) mass is 387 g/mol. The molecule has 0 aliphatic carbocycles. The zero-order chi connectivity index (χ0) is 19.4. The molecular weight excluding hydrogens is 362 g/mol. The summed E-state index contributed by atoms with van der Waals surface area (Å²) in [5.41, 5.74) is 4.30. The molecule has 0 spiro atoms. The fraction of sp³-hybridized carbons (Fsp3) is 0.350. The van der Waals surface area contributed by atoms with Gasteiger partial charge < -0.3 is 10.2 Å². The summed E-state index contributed by atoms with van der Waals surface area (Å²) in [6.07, 6.45) is 2.86. The highest BCUT2D eigenvalue weighted by Crippen LogP contribution is 2.26. The molecule has 1 aliphatic heterocycles. The highest BCUT2D eigenvalue weighted by atomic mass is 32.2. The summed E-state index contributed by atoms with van der Waals surface area (Å²) >= 11 is 0. The van der Waals surface area contributed by atoms with Crippen molar-refractivity contribution >= 4 is 27.3 Å². The molecule has 2 aromatic carbocycles. The van der Waals surface area contributed by atoms with Crippen LogP contribution in [0.25, 0.3) is 0 Å². The van der Waals surface area contributed by atoms with E-state index in [4.69, 9.17) is 0 Å². The van der Waals surface area contributed by atoms with E-state index in [9.17, 15) is 13.2 Å². The number of nitrogens with zero attached hydrogens (tertiary/aromatic N) is 1. The summed E-state index contributed by atoms with van der Waals surface area (Å²) in [7, 11) is -1.47. The molecule has 7 heteroatoms. The molecule has 1 aliphatic rings. The van der Waals surface area contributed by atoms with Crippen LogP contribution in [0, 0.1) is 0 Å². The van der Waals surface area contributed by atoms with Crippen molar-refractivity contribution in [3.05, 3.63) is 53.6 Å². The van der Waals surface area contributed by atoms with Crippen molar-refractivity contribution in [2.45, 2.75) is 31.1 Å². The molecule has 2 aromatic rings. The van der Waals surface area contributed by atoms with Crippen molar-refractivity contribution in [2.75, 3.05) is 30.4 Å². The summed E-state index contributed by atoms with van der Waals surface area (Å²) in [6, 6.07) is 12.5. The van der Waals surface area contributed by atoms with Gasteiger partial charge in [0.25, 0.3) is 0 Å². The first-order chi connectivity index (χ1) is 12.8. The third-order valence-electron chi connectivity index (χ3n) is 4.69. The lowest BCUT2D eigenvalue weighted by Crippen LogP contribution is -2.26. The number of anilines is 2. The maximum absolute atomic E-state index is 12.4. The van der Waals surface area contributed by atoms with E-state index in [2.05, 4.69) is 40.2 Å². The van der Waals surface area contributed by atoms with E-state index in [1.807, 2.05) is 0 Å². The lowest BCUT2D eigenvalue weighted by molar-refractivity contribution is -0.114. The molecule has 2 N–H and O–H groups in total. The lowest BCUT2D eigenvalue weighted by Gasteiger charge is -2.27. The van der Waals surface area contributed by atoms with Gasteiger partial charge in [-0.2, -0.15) is 0 Å². The third kappa shape index (κ3) is 4.87. The van der Waals surface area contributed by atoms with Gasteiger partial charge in [0.15, 0.2) is 0 Å². The maximum Gasteiger partial charge on any atom is 0.240 e. The van der Waals surface area contributed by atoms with Crippen molar-refractivity contribution in [3.8, 4) is 0 Å². The number of benzene rings is 2. The van der Waals surface area contributed by atoms with Crippen molar-refractivity contribution in [1.29, 1.82) is 0 Å². The Morgan fingerprint density at radius 2 is 1.89 bits per heavy atom. The minimum Gasteiger partial charge on any atom is -0.374 e. The van der Waals surface area contributed by atoms with Gasteiger partial charge in [-0.15, -0.1) is 0 Å². The topological polar surface area (TPSA) is 78.5 Å². The Kier molecular flexibility index (Phi) is 5.82. The summed E-state index contributed by atoms with van der Waals surface area (Å²) in [5.74, 6) is -0.194. The minimum absolute atomic E-state index is 0.184. The summed E-state index contributed by atoms with van der Waals surface area (Å²) in [5, 5.41) is 2.62. The fourth-order valence-electron chi connectivity index (χ4n) is 3.33.